The molecule has 6 rings (SSSR count). The van der Waals surface area contributed by atoms with E-state index in [9.17, 15) is 0 Å². The molecular formula is C31H24N2. The molecule has 33 heavy (non-hydrogen) atoms. The molecule has 2 heteroatoms. The van der Waals surface area contributed by atoms with E-state index in [1.54, 1.807) is 0 Å². The molecule has 1 aliphatic carbocycles. The third-order valence-electron chi connectivity index (χ3n) is 6.49. The average molecular weight is 425 g/mol. The third-order valence-corrected chi connectivity index (χ3v) is 6.49. The Morgan fingerprint density at radius 2 is 1.36 bits per heavy atom. The average Bonchev–Trinajstić information content (AvgIpc) is 3.27. The number of hydrogen-bond acceptors (Lipinski definition) is 2. The maximum Gasteiger partial charge on any atom is 0.160 e. The largest absolute Gasteiger partial charge is 0.232 e. The van der Waals surface area contributed by atoms with E-state index in [0.717, 1.165) is 41.2 Å². The van der Waals surface area contributed by atoms with Crippen LogP contribution in [-0.2, 0) is 12.8 Å². The second kappa shape index (κ2) is 8.14. The fraction of sp³-hybridized carbons (Fsp3) is 0.0968. The lowest BCUT2D eigenvalue weighted by atomic mass is 9.99. The van der Waals surface area contributed by atoms with Crippen molar-refractivity contribution >= 4 is 0 Å². The van der Waals surface area contributed by atoms with Gasteiger partial charge in [-0.3, -0.25) is 0 Å². The third kappa shape index (κ3) is 3.54. The highest BCUT2D eigenvalue weighted by Gasteiger charge is 2.25. The van der Waals surface area contributed by atoms with Crippen molar-refractivity contribution < 1.29 is 0 Å². The van der Waals surface area contributed by atoms with Crippen molar-refractivity contribution in [3.8, 4) is 44.9 Å². The second-order valence-electron chi connectivity index (χ2n) is 8.55. The van der Waals surface area contributed by atoms with Crippen LogP contribution in [0.3, 0.4) is 0 Å². The van der Waals surface area contributed by atoms with Gasteiger partial charge in [0.05, 0.1) is 11.4 Å². The summed E-state index contributed by atoms with van der Waals surface area (Å²) in [6, 6.07) is 36.5. The molecule has 0 unspecified atom stereocenters. The molecule has 5 aromatic rings. The van der Waals surface area contributed by atoms with Gasteiger partial charge in [0.25, 0.3) is 0 Å². The summed E-state index contributed by atoms with van der Waals surface area (Å²) >= 11 is 0. The van der Waals surface area contributed by atoms with Crippen LogP contribution >= 0.6 is 0 Å². The summed E-state index contributed by atoms with van der Waals surface area (Å²) in [5, 5.41) is 0. The summed E-state index contributed by atoms with van der Waals surface area (Å²) in [6.45, 7) is 2.19. The number of aryl methyl sites for hydroxylation is 1. The quantitative estimate of drug-likeness (QED) is 0.291. The van der Waals surface area contributed by atoms with Crippen LogP contribution in [0, 0.1) is 0 Å². The molecule has 0 bridgehead atoms. The molecule has 0 atom stereocenters. The van der Waals surface area contributed by atoms with Gasteiger partial charge in [0.15, 0.2) is 5.82 Å². The Kier molecular flexibility index (Phi) is 4.84. The van der Waals surface area contributed by atoms with Gasteiger partial charge in [-0.15, -0.1) is 0 Å². The first-order valence-corrected chi connectivity index (χ1v) is 11.5. The van der Waals surface area contributed by atoms with Crippen LogP contribution in [0.5, 0.6) is 0 Å². The molecule has 0 amide bonds. The topological polar surface area (TPSA) is 25.8 Å². The lowest BCUT2D eigenvalue weighted by Gasteiger charge is -2.13. The van der Waals surface area contributed by atoms with Gasteiger partial charge in [0, 0.05) is 23.1 Å². The number of nitrogens with zero attached hydrogens (tertiary/aromatic N) is 2. The summed E-state index contributed by atoms with van der Waals surface area (Å²) in [4.78, 5) is 10.2. The van der Waals surface area contributed by atoms with Crippen molar-refractivity contribution in [1.29, 1.82) is 0 Å². The van der Waals surface area contributed by atoms with Crippen LogP contribution in [-0.4, -0.2) is 9.97 Å². The number of fused-ring (bicyclic) bond motifs is 3. The van der Waals surface area contributed by atoms with Crippen molar-refractivity contribution in [2.75, 3.05) is 0 Å². The molecule has 1 aliphatic rings. The zero-order valence-electron chi connectivity index (χ0n) is 18.6. The van der Waals surface area contributed by atoms with Crippen molar-refractivity contribution in [3.05, 3.63) is 120 Å². The van der Waals surface area contributed by atoms with Crippen molar-refractivity contribution in [1.82, 2.24) is 9.97 Å². The van der Waals surface area contributed by atoms with Gasteiger partial charge in [0.2, 0.25) is 0 Å². The van der Waals surface area contributed by atoms with E-state index in [4.69, 9.17) is 9.97 Å². The molecule has 0 fully saturated rings. The summed E-state index contributed by atoms with van der Waals surface area (Å²) in [5.41, 5.74) is 11.8. The Morgan fingerprint density at radius 3 is 2.18 bits per heavy atom. The molecule has 2 nitrogen and oxygen atoms in total. The van der Waals surface area contributed by atoms with Crippen LogP contribution in [0.4, 0.5) is 0 Å². The number of rotatable bonds is 4. The molecule has 0 N–H and O–H groups in total. The Balaban J connectivity index is 1.53. The summed E-state index contributed by atoms with van der Waals surface area (Å²) < 4.78 is 0. The molecule has 0 saturated carbocycles. The molecule has 0 aliphatic heterocycles. The highest BCUT2D eigenvalue weighted by atomic mass is 14.9. The van der Waals surface area contributed by atoms with E-state index >= 15 is 0 Å². The van der Waals surface area contributed by atoms with E-state index < -0.39 is 0 Å². The fourth-order valence-corrected chi connectivity index (χ4v) is 4.72. The molecule has 1 heterocycles. The fourth-order valence-electron chi connectivity index (χ4n) is 4.72. The Morgan fingerprint density at radius 1 is 0.636 bits per heavy atom. The number of aromatic nitrogens is 2. The normalized spacial score (nSPS) is 11.8. The van der Waals surface area contributed by atoms with E-state index in [0.29, 0.717) is 0 Å². The zero-order valence-corrected chi connectivity index (χ0v) is 18.6. The molecule has 0 saturated heterocycles. The van der Waals surface area contributed by atoms with Gasteiger partial charge < -0.3 is 0 Å². The van der Waals surface area contributed by atoms with Crippen LogP contribution in [0.15, 0.2) is 103 Å². The van der Waals surface area contributed by atoms with Crippen molar-refractivity contribution in [2.45, 2.75) is 19.8 Å². The smallest absolute Gasteiger partial charge is 0.160 e. The van der Waals surface area contributed by atoms with Crippen LogP contribution in [0.25, 0.3) is 44.9 Å². The first-order valence-electron chi connectivity index (χ1n) is 11.5. The molecule has 1 aromatic heterocycles. The Bertz CT molecular complexity index is 1450. The molecule has 158 valence electrons. The molecule has 0 spiro atoms. The summed E-state index contributed by atoms with van der Waals surface area (Å²) in [7, 11) is 0. The number of benzene rings is 4. The highest BCUT2D eigenvalue weighted by Crippen LogP contribution is 2.42. The lowest BCUT2D eigenvalue weighted by Crippen LogP contribution is -1.99. The monoisotopic (exact) mass is 424 g/mol. The van der Waals surface area contributed by atoms with Crippen LogP contribution < -0.4 is 0 Å². The summed E-state index contributed by atoms with van der Waals surface area (Å²) in [5.74, 6) is 0.786. The van der Waals surface area contributed by atoms with Gasteiger partial charge in [0.1, 0.15) is 0 Å². The minimum atomic E-state index is 0.786. The Hall–Kier alpha value is -4.04. The maximum absolute atomic E-state index is 5.16. The minimum absolute atomic E-state index is 0.786. The van der Waals surface area contributed by atoms with Gasteiger partial charge in [-0.25, -0.2) is 9.97 Å². The van der Waals surface area contributed by atoms with E-state index in [2.05, 4.69) is 104 Å². The lowest BCUT2D eigenvalue weighted by molar-refractivity contribution is 1.08. The maximum atomic E-state index is 5.16. The predicted octanol–water partition coefficient (Wildman–Crippen LogP) is 7.61. The van der Waals surface area contributed by atoms with Crippen LogP contribution in [0.2, 0.25) is 0 Å². The standard InChI is InChI=1S/C31H24N2/c1-2-21-15-17-23(18-16-21)30-29-27-14-7-6-11-25(27)20-28(29)32-31(33-30)26-13-8-12-24(19-26)22-9-4-3-5-10-22/h3-19H,2,20H2,1H3. The SMILES string of the molecule is CCc1ccc(-c2nc(-c3cccc(-c4ccccc4)c3)nc3c2-c2ccccc2C3)cc1. The predicted molar refractivity (Wildman–Crippen MR) is 136 cm³/mol. The minimum Gasteiger partial charge on any atom is -0.232 e. The van der Waals surface area contributed by atoms with Crippen molar-refractivity contribution in [3.63, 3.8) is 0 Å². The second-order valence-corrected chi connectivity index (χ2v) is 8.55. The van der Waals surface area contributed by atoms with Gasteiger partial charge in [-0.05, 0) is 40.3 Å². The van der Waals surface area contributed by atoms with Crippen molar-refractivity contribution in [2.24, 2.45) is 0 Å². The molecular weight excluding hydrogens is 400 g/mol. The number of hydrogen-bond donors (Lipinski definition) is 0. The van der Waals surface area contributed by atoms with Crippen LogP contribution in [0.1, 0.15) is 23.7 Å². The Labute approximate surface area is 194 Å². The van der Waals surface area contributed by atoms with E-state index in [1.165, 1.54) is 33.4 Å². The summed E-state index contributed by atoms with van der Waals surface area (Å²) in [6.07, 6.45) is 1.88. The first kappa shape index (κ1) is 19.6. The molecule has 4 aromatic carbocycles. The van der Waals surface area contributed by atoms with Gasteiger partial charge >= 0.3 is 0 Å². The van der Waals surface area contributed by atoms with E-state index in [1.807, 2.05) is 6.07 Å². The highest BCUT2D eigenvalue weighted by molar-refractivity contribution is 5.88. The van der Waals surface area contributed by atoms with Gasteiger partial charge in [-0.1, -0.05) is 104 Å². The van der Waals surface area contributed by atoms with Gasteiger partial charge in [-0.2, -0.15) is 0 Å². The first-order chi connectivity index (χ1) is 16.3. The molecule has 0 radical (unpaired) electrons. The van der Waals surface area contributed by atoms with E-state index in [-0.39, 0.29) is 0 Å². The zero-order chi connectivity index (χ0) is 22.2.